The van der Waals surface area contributed by atoms with Gasteiger partial charge in [0.05, 0.1) is 12.1 Å². The van der Waals surface area contributed by atoms with E-state index in [-0.39, 0.29) is 37.1 Å². The van der Waals surface area contributed by atoms with Crippen LogP contribution in [0.4, 0.5) is 0 Å². The molecule has 3 aromatic heterocycles. The molecule has 0 aliphatic heterocycles. The Morgan fingerprint density at radius 2 is 1.70 bits per heavy atom. The van der Waals surface area contributed by atoms with Gasteiger partial charge < -0.3 is 29.0 Å². The Labute approximate surface area is 228 Å². The zero-order valence-electron chi connectivity index (χ0n) is 21.2. The number of aromatic nitrogens is 2. The van der Waals surface area contributed by atoms with Crippen LogP contribution in [-0.2, 0) is 22.7 Å². The molecule has 2 amide bonds. The normalized spacial score (nSPS) is 10.7. The summed E-state index contributed by atoms with van der Waals surface area (Å²) in [6, 6.07) is 23.2. The first-order valence-corrected chi connectivity index (χ1v) is 12.4. The van der Waals surface area contributed by atoms with Gasteiger partial charge in [0, 0.05) is 24.5 Å². The second kappa shape index (κ2) is 11.9. The monoisotopic (exact) mass is 536 g/mol. The van der Waals surface area contributed by atoms with Gasteiger partial charge in [0.25, 0.3) is 11.8 Å². The second-order valence-corrected chi connectivity index (χ2v) is 8.79. The van der Waals surface area contributed by atoms with Gasteiger partial charge >= 0.3 is 5.97 Å². The third kappa shape index (κ3) is 6.13. The van der Waals surface area contributed by atoms with Crippen molar-refractivity contribution in [3.05, 3.63) is 119 Å². The fourth-order valence-corrected chi connectivity index (χ4v) is 3.97. The summed E-state index contributed by atoms with van der Waals surface area (Å²) in [5, 5.41) is 5.27. The predicted molar refractivity (Wildman–Crippen MR) is 144 cm³/mol. The van der Waals surface area contributed by atoms with Crippen LogP contribution in [0.25, 0.3) is 17.0 Å². The Bertz CT molecular complexity index is 1690. The highest BCUT2D eigenvalue weighted by atomic mass is 16.5. The molecule has 0 unspecified atom stereocenters. The van der Waals surface area contributed by atoms with Crippen LogP contribution in [0.2, 0.25) is 0 Å². The molecule has 0 spiro atoms. The standard InChI is InChI=1S/C30H24N4O6/c35-14-13-31-29(37)26-11-10-25(40-26)22-8-4-7-21(15-22)16-32-28(36)24-18-34-17-23(9-12-27(34)33-24)30(38)39-19-20-5-2-1-3-6-20/h1-12,14-15,17-18H,13,16,19H2,(H,31,37)(H,32,36). The minimum atomic E-state index is -0.481. The number of carbonyl (C=O) groups excluding carboxylic acids is 4. The van der Waals surface area contributed by atoms with Gasteiger partial charge in [0.15, 0.2) is 5.76 Å². The number of aldehydes is 1. The van der Waals surface area contributed by atoms with E-state index in [9.17, 15) is 19.2 Å². The molecule has 10 heteroatoms. The summed E-state index contributed by atoms with van der Waals surface area (Å²) in [7, 11) is 0. The Kier molecular flexibility index (Phi) is 7.77. The van der Waals surface area contributed by atoms with E-state index in [0.29, 0.717) is 23.3 Å². The first kappa shape index (κ1) is 26.1. The molecule has 3 heterocycles. The number of rotatable bonds is 10. The van der Waals surface area contributed by atoms with Gasteiger partial charge in [-0.3, -0.25) is 9.59 Å². The molecular formula is C30H24N4O6. The molecule has 0 aliphatic carbocycles. The number of esters is 1. The van der Waals surface area contributed by atoms with Crippen LogP contribution >= 0.6 is 0 Å². The van der Waals surface area contributed by atoms with Crippen molar-refractivity contribution in [2.75, 3.05) is 6.54 Å². The molecule has 40 heavy (non-hydrogen) atoms. The lowest BCUT2D eigenvalue weighted by atomic mass is 10.1. The Morgan fingerprint density at radius 3 is 2.52 bits per heavy atom. The van der Waals surface area contributed by atoms with Crippen LogP contribution < -0.4 is 10.6 Å². The second-order valence-electron chi connectivity index (χ2n) is 8.79. The molecule has 0 fully saturated rings. The fourth-order valence-electron chi connectivity index (χ4n) is 3.97. The smallest absolute Gasteiger partial charge is 0.339 e. The fraction of sp³-hybridized carbons (Fsp3) is 0.100. The van der Waals surface area contributed by atoms with Gasteiger partial charge in [-0.05, 0) is 41.5 Å². The number of nitrogens with one attached hydrogen (secondary N) is 2. The van der Waals surface area contributed by atoms with Crippen molar-refractivity contribution in [1.82, 2.24) is 20.0 Å². The summed E-state index contributed by atoms with van der Waals surface area (Å²) in [5.41, 5.74) is 3.46. The van der Waals surface area contributed by atoms with Crippen LogP contribution in [0.5, 0.6) is 0 Å². The van der Waals surface area contributed by atoms with E-state index in [2.05, 4.69) is 15.6 Å². The lowest BCUT2D eigenvalue weighted by Gasteiger charge is -2.05. The largest absolute Gasteiger partial charge is 0.457 e. The first-order chi connectivity index (χ1) is 19.5. The lowest BCUT2D eigenvalue weighted by Crippen LogP contribution is -2.24. The zero-order valence-corrected chi connectivity index (χ0v) is 21.2. The van der Waals surface area contributed by atoms with E-state index in [1.165, 1.54) is 6.07 Å². The average Bonchev–Trinajstić information content (AvgIpc) is 3.66. The molecule has 0 aliphatic rings. The first-order valence-electron chi connectivity index (χ1n) is 12.4. The number of imidazole rings is 1. The van der Waals surface area contributed by atoms with E-state index in [0.717, 1.165) is 16.7 Å². The summed E-state index contributed by atoms with van der Waals surface area (Å²) in [6.07, 6.45) is 3.72. The molecule has 0 atom stereocenters. The van der Waals surface area contributed by atoms with Crippen molar-refractivity contribution in [1.29, 1.82) is 0 Å². The summed E-state index contributed by atoms with van der Waals surface area (Å²) < 4.78 is 12.6. The predicted octanol–water partition coefficient (Wildman–Crippen LogP) is 3.81. The number of pyridine rings is 1. The van der Waals surface area contributed by atoms with E-state index < -0.39 is 11.9 Å². The maximum absolute atomic E-state index is 12.8. The lowest BCUT2D eigenvalue weighted by molar-refractivity contribution is -0.107. The molecule has 0 radical (unpaired) electrons. The SMILES string of the molecule is O=CCNC(=O)c1ccc(-c2cccc(CNC(=O)c3cn4cc(C(=O)OCc5ccccc5)ccc4n3)c2)o1. The maximum atomic E-state index is 12.8. The van der Waals surface area contributed by atoms with Crippen molar-refractivity contribution >= 4 is 29.7 Å². The van der Waals surface area contributed by atoms with Crippen molar-refractivity contribution in [3.63, 3.8) is 0 Å². The van der Waals surface area contributed by atoms with Gasteiger partial charge in [-0.2, -0.15) is 0 Å². The third-order valence-corrected chi connectivity index (χ3v) is 5.97. The Morgan fingerprint density at radius 1 is 0.875 bits per heavy atom. The van der Waals surface area contributed by atoms with Gasteiger partial charge in [0.2, 0.25) is 0 Å². The highest BCUT2D eigenvalue weighted by Gasteiger charge is 2.15. The van der Waals surface area contributed by atoms with Crippen LogP contribution in [0.1, 0.15) is 42.5 Å². The molecule has 0 saturated carbocycles. The van der Waals surface area contributed by atoms with Crippen molar-refractivity contribution < 1.29 is 28.3 Å². The number of furan rings is 1. The van der Waals surface area contributed by atoms with E-state index in [4.69, 9.17) is 9.15 Å². The molecule has 10 nitrogen and oxygen atoms in total. The van der Waals surface area contributed by atoms with Crippen LogP contribution in [-0.4, -0.2) is 40.0 Å². The summed E-state index contributed by atoms with van der Waals surface area (Å²) in [4.78, 5) is 52.1. The number of benzene rings is 2. The van der Waals surface area contributed by atoms with Gasteiger partial charge in [-0.1, -0.05) is 48.5 Å². The third-order valence-electron chi connectivity index (χ3n) is 5.97. The van der Waals surface area contributed by atoms with Crippen molar-refractivity contribution in [2.24, 2.45) is 0 Å². The van der Waals surface area contributed by atoms with Crippen molar-refractivity contribution in [3.8, 4) is 11.3 Å². The molecule has 5 rings (SSSR count). The van der Waals surface area contributed by atoms with Gasteiger partial charge in [-0.15, -0.1) is 0 Å². The van der Waals surface area contributed by atoms with E-state index in [1.54, 1.807) is 35.0 Å². The molecule has 0 bridgehead atoms. The van der Waals surface area contributed by atoms with Crippen molar-refractivity contribution in [2.45, 2.75) is 13.2 Å². The number of carbonyl (C=O) groups is 4. The zero-order chi connectivity index (χ0) is 27.9. The topological polar surface area (TPSA) is 132 Å². The number of hydrogen-bond donors (Lipinski definition) is 2. The molecule has 5 aromatic rings. The number of amides is 2. The highest BCUT2D eigenvalue weighted by Crippen LogP contribution is 2.23. The highest BCUT2D eigenvalue weighted by molar-refractivity contribution is 5.94. The maximum Gasteiger partial charge on any atom is 0.339 e. The number of fused-ring (bicyclic) bond motifs is 1. The summed E-state index contributed by atoms with van der Waals surface area (Å²) >= 11 is 0. The number of nitrogens with zero attached hydrogens (tertiary/aromatic N) is 2. The van der Waals surface area contributed by atoms with Gasteiger partial charge in [-0.25, -0.2) is 9.78 Å². The van der Waals surface area contributed by atoms with Gasteiger partial charge in [0.1, 0.15) is 30.0 Å². The van der Waals surface area contributed by atoms with E-state index in [1.807, 2.05) is 54.6 Å². The molecule has 2 N–H and O–H groups in total. The van der Waals surface area contributed by atoms with Crippen LogP contribution in [0, 0.1) is 0 Å². The molecule has 2 aromatic carbocycles. The summed E-state index contributed by atoms with van der Waals surface area (Å²) in [6.45, 7) is 0.290. The molecule has 200 valence electrons. The minimum absolute atomic E-state index is 0.0926. The number of hydrogen-bond acceptors (Lipinski definition) is 7. The quantitative estimate of drug-likeness (QED) is 0.205. The summed E-state index contributed by atoms with van der Waals surface area (Å²) in [5.74, 6) is -0.770. The Balaban J connectivity index is 1.21. The Hall–Kier alpha value is -5.51. The number of ether oxygens (including phenoxy) is 1. The van der Waals surface area contributed by atoms with Crippen LogP contribution in [0.3, 0.4) is 0 Å². The molecule has 0 saturated heterocycles. The minimum Gasteiger partial charge on any atom is -0.457 e. The molecular weight excluding hydrogens is 512 g/mol. The average molecular weight is 537 g/mol. The van der Waals surface area contributed by atoms with Crippen LogP contribution in [0.15, 0.2) is 95.7 Å². The van der Waals surface area contributed by atoms with E-state index >= 15 is 0 Å².